The number of methoxy groups -OCH3 is 1. The van der Waals surface area contributed by atoms with E-state index in [0.717, 1.165) is 11.1 Å². The summed E-state index contributed by atoms with van der Waals surface area (Å²) in [5, 5.41) is 15.1. The van der Waals surface area contributed by atoms with E-state index in [9.17, 15) is 14.9 Å². The van der Waals surface area contributed by atoms with Gasteiger partial charge in [0.25, 0.3) is 11.8 Å². The SMILES string of the molecule is COc1cc(/C=C(/C#N)C(=O)N[C@@H](C)c2ccccc2)ccc1OCC(=O)Nc1ccc(C)cc1. The van der Waals surface area contributed by atoms with Crippen molar-refractivity contribution in [2.75, 3.05) is 19.0 Å². The number of amides is 2. The molecule has 0 heterocycles. The molecule has 0 spiro atoms. The normalized spacial score (nSPS) is 11.7. The summed E-state index contributed by atoms with van der Waals surface area (Å²) in [6, 6.07) is 23.6. The molecule has 35 heavy (non-hydrogen) atoms. The van der Waals surface area contributed by atoms with Crippen molar-refractivity contribution in [1.29, 1.82) is 5.26 Å². The van der Waals surface area contributed by atoms with E-state index in [1.807, 2.05) is 74.5 Å². The maximum atomic E-state index is 12.6. The quantitative estimate of drug-likeness (QED) is 0.346. The van der Waals surface area contributed by atoms with E-state index in [0.29, 0.717) is 22.7 Å². The van der Waals surface area contributed by atoms with Crippen LogP contribution in [0.25, 0.3) is 6.08 Å². The fraction of sp³-hybridized carbons (Fsp3) is 0.179. The Morgan fingerprint density at radius 1 is 1.03 bits per heavy atom. The number of aryl methyl sites for hydroxylation is 1. The number of hydrogen-bond acceptors (Lipinski definition) is 5. The highest BCUT2D eigenvalue weighted by Crippen LogP contribution is 2.29. The minimum Gasteiger partial charge on any atom is -0.493 e. The van der Waals surface area contributed by atoms with Gasteiger partial charge in [-0.1, -0.05) is 54.1 Å². The average molecular weight is 470 g/mol. The standard InChI is InChI=1S/C28H27N3O4/c1-19-9-12-24(13-10-19)31-27(32)18-35-25-14-11-21(16-26(25)34-3)15-23(17-29)28(33)30-20(2)22-7-5-4-6-8-22/h4-16,20H,18H2,1-3H3,(H,30,33)(H,31,32)/b23-15-/t20-/m0/s1. The lowest BCUT2D eigenvalue weighted by molar-refractivity contribution is -0.118. The molecule has 0 aliphatic carbocycles. The van der Waals surface area contributed by atoms with Crippen LogP contribution in [0.1, 0.15) is 29.7 Å². The van der Waals surface area contributed by atoms with Crippen molar-refractivity contribution in [3.05, 3.63) is 95.1 Å². The zero-order valence-electron chi connectivity index (χ0n) is 19.9. The second-order valence-corrected chi connectivity index (χ2v) is 7.89. The van der Waals surface area contributed by atoms with Crippen LogP contribution >= 0.6 is 0 Å². The highest BCUT2D eigenvalue weighted by Gasteiger charge is 2.15. The zero-order chi connectivity index (χ0) is 25.2. The predicted molar refractivity (Wildman–Crippen MR) is 135 cm³/mol. The fourth-order valence-corrected chi connectivity index (χ4v) is 3.29. The average Bonchev–Trinajstić information content (AvgIpc) is 2.88. The summed E-state index contributed by atoms with van der Waals surface area (Å²) in [4.78, 5) is 24.8. The van der Waals surface area contributed by atoms with Gasteiger partial charge in [0.1, 0.15) is 11.6 Å². The van der Waals surface area contributed by atoms with E-state index in [1.165, 1.54) is 13.2 Å². The molecular weight excluding hydrogens is 442 g/mol. The predicted octanol–water partition coefficient (Wildman–Crippen LogP) is 4.81. The summed E-state index contributed by atoms with van der Waals surface area (Å²) in [7, 11) is 1.47. The van der Waals surface area contributed by atoms with Gasteiger partial charge in [-0.3, -0.25) is 9.59 Å². The van der Waals surface area contributed by atoms with Crippen LogP contribution in [0.15, 0.2) is 78.4 Å². The van der Waals surface area contributed by atoms with Crippen molar-refractivity contribution in [1.82, 2.24) is 5.32 Å². The molecule has 0 aliphatic rings. The Kier molecular flexibility index (Phi) is 8.63. The van der Waals surface area contributed by atoms with Crippen LogP contribution < -0.4 is 20.1 Å². The van der Waals surface area contributed by atoms with Gasteiger partial charge >= 0.3 is 0 Å². The molecule has 3 rings (SSSR count). The lowest BCUT2D eigenvalue weighted by Crippen LogP contribution is -2.27. The second-order valence-electron chi connectivity index (χ2n) is 7.89. The third kappa shape index (κ3) is 7.21. The molecule has 0 aromatic heterocycles. The molecule has 7 heteroatoms. The Morgan fingerprint density at radius 2 is 1.74 bits per heavy atom. The number of anilines is 1. The number of nitrogens with zero attached hydrogens (tertiary/aromatic N) is 1. The van der Waals surface area contributed by atoms with Gasteiger partial charge in [0.05, 0.1) is 13.2 Å². The molecule has 0 bridgehead atoms. The van der Waals surface area contributed by atoms with Crippen molar-refractivity contribution in [3.63, 3.8) is 0 Å². The largest absolute Gasteiger partial charge is 0.493 e. The van der Waals surface area contributed by atoms with Crippen LogP contribution in [0, 0.1) is 18.3 Å². The maximum absolute atomic E-state index is 12.6. The second kappa shape index (κ2) is 12.1. The topological polar surface area (TPSA) is 100 Å². The van der Waals surface area contributed by atoms with Gasteiger partial charge in [-0.2, -0.15) is 5.26 Å². The minimum atomic E-state index is -0.476. The summed E-state index contributed by atoms with van der Waals surface area (Å²) >= 11 is 0. The number of benzene rings is 3. The fourth-order valence-electron chi connectivity index (χ4n) is 3.29. The molecule has 3 aromatic carbocycles. The first-order chi connectivity index (χ1) is 16.9. The van der Waals surface area contributed by atoms with Crippen molar-refractivity contribution in [2.24, 2.45) is 0 Å². The van der Waals surface area contributed by atoms with E-state index in [4.69, 9.17) is 9.47 Å². The van der Waals surface area contributed by atoms with E-state index < -0.39 is 5.91 Å². The smallest absolute Gasteiger partial charge is 0.262 e. The van der Waals surface area contributed by atoms with E-state index >= 15 is 0 Å². The van der Waals surface area contributed by atoms with Crippen LogP contribution in [0.5, 0.6) is 11.5 Å². The van der Waals surface area contributed by atoms with Crippen molar-refractivity contribution in [3.8, 4) is 17.6 Å². The summed E-state index contributed by atoms with van der Waals surface area (Å²) < 4.78 is 11.0. The molecule has 0 fully saturated rings. The van der Waals surface area contributed by atoms with Crippen molar-refractivity contribution < 1.29 is 19.1 Å². The third-order valence-electron chi connectivity index (χ3n) is 5.21. The first kappa shape index (κ1) is 25.1. The number of nitrogens with one attached hydrogen (secondary N) is 2. The zero-order valence-corrected chi connectivity index (χ0v) is 19.9. The monoisotopic (exact) mass is 469 g/mol. The molecule has 7 nitrogen and oxygen atoms in total. The van der Waals surface area contributed by atoms with Crippen LogP contribution in [-0.4, -0.2) is 25.5 Å². The van der Waals surface area contributed by atoms with Crippen LogP contribution in [-0.2, 0) is 9.59 Å². The van der Waals surface area contributed by atoms with Crippen molar-refractivity contribution >= 4 is 23.6 Å². The van der Waals surface area contributed by atoms with Crippen molar-refractivity contribution in [2.45, 2.75) is 19.9 Å². The first-order valence-electron chi connectivity index (χ1n) is 11.0. The van der Waals surface area contributed by atoms with Gasteiger partial charge in [0.15, 0.2) is 18.1 Å². The van der Waals surface area contributed by atoms with Gasteiger partial charge in [-0.05, 0) is 55.3 Å². The summed E-state index contributed by atoms with van der Waals surface area (Å²) in [6.07, 6.45) is 1.48. The van der Waals surface area contributed by atoms with Crippen LogP contribution in [0.4, 0.5) is 5.69 Å². The Labute approximate surface area is 205 Å². The number of carbonyl (C=O) groups excluding carboxylic acids is 2. The first-order valence-corrected chi connectivity index (χ1v) is 11.0. The highest BCUT2D eigenvalue weighted by atomic mass is 16.5. The number of ether oxygens (including phenoxy) is 2. The molecule has 1 atom stereocenters. The molecule has 2 N–H and O–H groups in total. The molecule has 178 valence electrons. The van der Waals surface area contributed by atoms with Gasteiger partial charge in [0.2, 0.25) is 0 Å². The molecule has 0 aliphatic heterocycles. The maximum Gasteiger partial charge on any atom is 0.262 e. The number of rotatable bonds is 9. The molecule has 0 saturated carbocycles. The summed E-state index contributed by atoms with van der Waals surface area (Å²) in [5.74, 6) is -0.0478. The van der Waals surface area contributed by atoms with E-state index in [1.54, 1.807) is 18.2 Å². The molecule has 0 unspecified atom stereocenters. The molecule has 3 aromatic rings. The summed E-state index contributed by atoms with van der Waals surface area (Å²) in [6.45, 7) is 3.62. The lowest BCUT2D eigenvalue weighted by atomic mass is 10.1. The van der Waals surface area contributed by atoms with Crippen LogP contribution in [0.3, 0.4) is 0 Å². The molecule has 2 amide bonds. The van der Waals surface area contributed by atoms with E-state index in [2.05, 4.69) is 10.6 Å². The Bertz CT molecular complexity index is 1250. The van der Waals surface area contributed by atoms with Crippen LogP contribution in [0.2, 0.25) is 0 Å². The van der Waals surface area contributed by atoms with Gasteiger partial charge < -0.3 is 20.1 Å². The van der Waals surface area contributed by atoms with Gasteiger partial charge in [0, 0.05) is 5.69 Å². The minimum absolute atomic E-state index is 0.0408. The number of carbonyl (C=O) groups is 2. The number of nitriles is 1. The molecule has 0 saturated heterocycles. The highest BCUT2D eigenvalue weighted by molar-refractivity contribution is 6.02. The Hall–Kier alpha value is -4.57. The molecule has 0 radical (unpaired) electrons. The molecular formula is C28H27N3O4. The van der Waals surface area contributed by atoms with E-state index in [-0.39, 0.29) is 24.1 Å². The van der Waals surface area contributed by atoms with Gasteiger partial charge in [-0.15, -0.1) is 0 Å². The Balaban J connectivity index is 1.65. The summed E-state index contributed by atoms with van der Waals surface area (Å²) in [5.41, 5.74) is 3.26. The lowest BCUT2D eigenvalue weighted by Gasteiger charge is -2.14. The third-order valence-corrected chi connectivity index (χ3v) is 5.21. The Morgan fingerprint density at radius 3 is 2.40 bits per heavy atom. The van der Waals surface area contributed by atoms with Gasteiger partial charge in [-0.25, -0.2) is 0 Å². The number of hydrogen-bond donors (Lipinski definition) is 2.